The third kappa shape index (κ3) is 2.64. The normalized spacial score (nSPS) is 10.4. The van der Waals surface area contributed by atoms with Crippen LogP contribution in [0.15, 0.2) is 30.5 Å². The number of halogens is 3. The van der Waals surface area contributed by atoms with Crippen LogP contribution in [0.4, 0.5) is 0 Å². The topological polar surface area (TPSA) is 25.8 Å². The number of hydrogen-bond donors (Lipinski definition) is 0. The molecule has 0 aliphatic heterocycles. The van der Waals surface area contributed by atoms with Gasteiger partial charge in [0.2, 0.25) is 0 Å². The first kappa shape index (κ1) is 11.6. The van der Waals surface area contributed by atoms with Crippen molar-refractivity contribution in [2.45, 2.75) is 6.42 Å². The summed E-state index contributed by atoms with van der Waals surface area (Å²) in [5.41, 5.74) is 1.79. The van der Waals surface area contributed by atoms with E-state index in [1.165, 1.54) is 0 Å². The Morgan fingerprint density at radius 3 is 2.38 bits per heavy atom. The van der Waals surface area contributed by atoms with E-state index in [2.05, 4.69) is 9.97 Å². The van der Waals surface area contributed by atoms with Crippen LogP contribution in [0.1, 0.15) is 11.1 Å². The molecule has 0 aliphatic rings. The molecule has 5 heteroatoms. The van der Waals surface area contributed by atoms with Crippen LogP contribution >= 0.6 is 34.8 Å². The Hall–Kier alpha value is -0.830. The van der Waals surface area contributed by atoms with Gasteiger partial charge in [0.15, 0.2) is 0 Å². The lowest BCUT2D eigenvalue weighted by atomic mass is 10.1. The molecule has 0 amide bonds. The summed E-state index contributed by atoms with van der Waals surface area (Å²) in [4.78, 5) is 7.97. The van der Waals surface area contributed by atoms with Crippen LogP contribution < -0.4 is 0 Å². The Morgan fingerprint density at radius 2 is 1.69 bits per heavy atom. The van der Waals surface area contributed by atoms with Crippen molar-refractivity contribution in [3.63, 3.8) is 0 Å². The molecule has 0 saturated heterocycles. The molecule has 0 aliphatic carbocycles. The van der Waals surface area contributed by atoms with Crippen molar-refractivity contribution in [3.8, 4) is 0 Å². The molecule has 0 aromatic carbocycles. The highest BCUT2D eigenvalue weighted by atomic mass is 35.5. The maximum absolute atomic E-state index is 5.97. The summed E-state index contributed by atoms with van der Waals surface area (Å²) < 4.78 is 0. The van der Waals surface area contributed by atoms with Crippen molar-refractivity contribution in [2.75, 3.05) is 0 Å². The minimum Gasteiger partial charge on any atom is -0.244 e. The zero-order valence-electron chi connectivity index (χ0n) is 8.12. The zero-order valence-corrected chi connectivity index (χ0v) is 10.4. The van der Waals surface area contributed by atoms with Crippen LogP contribution in [0.25, 0.3) is 0 Å². The predicted octanol–water partition coefficient (Wildman–Crippen LogP) is 4.03. The van der Waals surface area contributed by atoms with Gasteiger partial charge in [0.1, 0.15) is 15.5 Å². The number of pyridine rings is 2. The Kier molecular flexibility index (Phi) is 3.64. The highest BCUT2D eigenvalue weighted by Gasteiger charge is 2.06. The molecule has 0 bridgehead atoms. The molecular formula is C11H7Cl3N2. The monoisotopic (exact) mass is 272 g/mol. The van der Waals surface area contributed by atoms with Gasteiger partial charge in [0, 0.05) is 12.6 Å². The molecule has 2 aromatic rings. The van der Waals surface area contributed by atoms with E-state index in [0.29, 0.717) is 21.9 Å². The molecule has 82 valence electrons. The van der Waals surface area contributed by atoms with Gasteiger partial charge in [-0.2, -0.15) is 0 Å². The lowest BCUT2D eigenvalue weighted by Gasteiger charge is -2.05. The molecule has 0 fully saturated rings. The maximum Gasteiger partial charge on any atom is 0.134 e. The van der Waals surface area contributed by atoms with Crippen molar-refractivity contribution >= 4 is 34.8 Å². The number of rotatable bonds is 2. The van der Waals surface area contributed by atoms with Gasteiger partial charge >= 0.3 is 0 Å². The largest absolute Gasteiger partial charge is 0.244 e. The van der Waals surface area contributed by atoms with Crippen LogP contribution in [0.3, 0.4) is 0 Å². The van der Waals surface area contributed by atoms with E-state index >= 15 is 0 Å². The molecular weight excluding hydrogens is 266 g/mol. The molecule has 0 spiro atoms. The molecule has 0 saturated carbocycles. The minimum atomic E-state index is 0.381. The highest BCUT2D eigenvalue weighted by molar-refractivity contribution is 6.33. The Labute approximate surface area is 108 Å². The van der Waals surface area contributed by atoms with Crippen molar-refractivity contribution in [1.29, 1.82) is 0 Å². The second-order valence-electron chi connectivity index (χ2n) is 3.21. The third-order valence-corrected chi connectivity index (χ3v) is 2.99. The Bertz CT molecular complexity index is 514. The van der Waals surface area contributed by atoms with Gasteiger partial charge < -0.3 is 0 Å². The predicted molar refractivity (Wildman–Crippen MR) is 66.3 cm³/mol. The van der Waals surface area contributed by atoms with Gasteiger partial charge in [0.25, 0.3) is 0 Å². The number of nitrogens with zero attached hydrogens (tertiary/aromatic N) is 2. The van der Waals surface area contributed by atoms with Gasteiger partial charge in [-0.1, -0.05) is 46.9 Å². The van der Waals surface area contributed by atoms with Gasteiger partial charge in [0.05, 0.1) is 0 Å². The molecule has 16 heavy (non-hydrogen) atoms. The summed E-state index contributed by atoms with van der Waals surface area (Å²) >= 11 is 17.6. The maximum atomic E-state index is 5.97. The second-order valence-corrected chi connectivity index (χ2v) is 4.32. The van der Waals surface area contributed by atoms with E-state index in [1.807, 2.05) is 18.2 Å². The van der Waals surface area contributed by atoms with E-state index < -0.39 is 0 Å². The number of hydrogen-bond acceptors (Lipinski definition) is 2. The van der Waals surface area contributed by atoms with E-state index in [-0.39, 0.29) is 0 Å². The van der Waals surface area contributed by atoms with Crippen LogP contribution in [0, 0.1) is 0 Å². The molecule has 2 aromatic heterocycles. The van der Waals surface area contributed by atoms with Gasteiger partial charge in [-0.3, -0.25) is 0 Å². The van der Waals surface area contributed by atoms with Crippen LogP contribution in [0.2, 0.25) is 15.5 Å². The first-order chi connectivity index (χ1) is 7.66. The molecule has 0 radical (unpaired) electrons. The van der Waals surface area contributed by atoms with Crippen molar-refractivity contribution in [1.82, 2.24) is 9.97 Å². The molecule has 2 rings (SSSR count). The van der Waals surface area contributed by atoms with Gasteiger partial charge in [-0.05, 0) is 23.3 Å². The average molecular weight is 274 g/mol. The average Bonchev–Trinajstić information content (AvgIpc) is 2.25. The van der Waals surface area contributed by atoms with Crippen LogP contribution in [-0.4, -0.2) is 9.97 Å². The number of aromatic nitrogens is 2. The fraction of sp³-hybridized carbons (Fsp3) is 0.0909. The molecule has 0 atom stereocenters. The van der Waals surface area contributed by atoms with Gasteiger partial charge in [-0.25, -0.2) is 9.97 Å². The summed E-state index contributed by atoms with van der Waals surface area (Å²) in [6.45, 7) is 0. The smallest absolute Gasteiger partial charge is 0.134 e. The second kappa shape index (κ2) is 5.00. The first-order valence-corrected chi connectivity index (χ1v) is 5.70. The standard InChI is InChI=1S/C11H7Cl3N2/c12-9-4-3-8(11(14)16-9)6-7-2-1-5-15-10(7)13/h1-5H,6H2. The summed E-state index contributed by atoms with van der Waals surface area (Å²) in [6.07, 6.45) is 2.24. The van der Waals surface area contributed by atoms with Crippen molar-refractivity contribution in [2.24, 2.45) is 0 Å². The van der Waals surface area contributed by atoms with Crippen LogP contribution in [0.5, 0.6) is 0 Å². The molecule has 0 unspecified atom stereocenters. The fourth-order valence-electron chi connectivity index (χ4n) is 1.33. The van der Waals surface area contributed by atoms with E-state index in [4.69, 9.17) is 34.8 Å². The summed E-state index contributed by atoms with van der Waals surface area (Å²) in [5.74, 6) is 0. The first-order valence-electron chi connectivity index (χ1n) is 4.57. The third-order valence-electron chi connectivity index (χ3n) is 2.11. The SMILES string of the molecule is Clc1ccc(Cc2cccnc2Cl)c(Cl)n1. The quantitative estimate of drug-likeness (QED) is 0.772. The lowest BCUT2D eigenvalue weighted by molar-refractivity contribution is 1.12. The molecule has 2 heterocycles. The molecule has 0 N–H and O–H groups in total. The van der Waals surface area contributed by atoms with E-state index in [9.17, 15) is 0 Å². The summed E-state index contributed by atoms with van der Waals surface area (Å²) in [7, 11) is 0. The zero-order chi connectivity index (χ0) is 11.5. The van der Waals surface area contributed by atoms with Crippen molar-refractivity contribution < 1.29 is 0 Å². The van der Waals surface area contributed by atoms with E-state index in [0.717, 1.165) is 11.1 Å². The summed E-state index contributed by atoms with van der Waals surface area (Å²) in [6, 6.07) is 7.27. The lowest BCUT2D eigenvalue weighted by Crippen LogP contribution is -1.93. The minimum absolute atomic E-state index is 0.381. The van der Waals surface area contributed by atoms with E-state index in [1.54, 1.807) is 12.3 Å². The summed E-state index contributed by atoms with van der Waals surface area (Å²) in [5, 5.41) is 1.26. The molecule has 2 nitrogen and oxygen atoms in total. The van der Waals surface area contributed by atoms with Crippen molar-refractivity contribution in [3.05, 3.63) is 57.0 Å². The van der Waals surface area contributed by atoms with Gasteiger partial charge in [-0.15, -0.1) is 0 Å². The Balaban J connectivity index is 2.31. The fourth-order valence-corrected chi connectivity index (χ4v) is 1.93. The Morgan fingerprint density at radius 1 is 0.938 bits per heavy atom. The van der Waals surface area contributed by atoms with Crippen LogP contribution in [-0.2, 0) is 6.42 Å². The highest BCUT2D eigenvalue weighted by Crippen LogP contribution is 2.22.